The van der Waals surface area contributed by atoms with Crippen molar-refractivity contribution < 1.29 is 17.7 Å². The Hall–Kier alpha value is -2.53. The first-order valence-electron chi connectivity index (χ1n) is 11.0. The summed E-state index contributed by atoms with van der Waals surface area (Å²) in [5.74, 6) is 0. The summed E-state index contributed by atoms with van der Waals surface area (Å²) in [6.45, 7) is 2.71. The van der Waals surface area contributed by atoms with E-state index in [0.29, 0.717) is 28.2 Å². The van der Waals surface area contributed by atoms with E-state index in [1.165, 1.54) is 46.6 Å². The third kappa shape index (κ3) is 4.74. The highest BCUT2D eigenvalue weighted by Gasteiger charge is 2.31. The number of nitrogens with zero attached hydrogens (tertiary/aromatic N) is 3. The molecule has 0 radical (unpaired) electrons. The van der Waals surface area contributed by atoms with Gasteiger partial charge in [-0.2, -0.15) is 17.7 Å². The first kappa shape index (κ1) is 25.1. The van der Waals surface area contributed by atoms with Crippen LogP contribution >= 0.6 is 46.0 Å². The molecule has 11 heteroatoms. The van der Waals surface area contributed by atoms with Gasteiger partial charge < -0.3 is 4.90 Å². The van der Waals surface area contributed by atoms with Crippen molar-refractivity contribution in [3.8, 4) is 0 Å². The van der Waals surface area contributed by atoms with Crippen LogP contribution in [0.15, 0.2) is 63.7 Å². The van der Waals surface area contributed by atoms with Gasteiger partial charge in [-0.25, -0.2) is 0 Å². The molecular weight excluding hydrogens is 547 g/mol. The molecule has 0 unspecified atom stereocenters. The van der Waals surface area contributed by atoms with Gasteiger partial charge in [0, 0.05) is 29.1 Å². The average molecular weight is 567 g/mol. The zero-order chi connectivity index (χ0) is 25.6. The summed E-state index contributed by atoms with van der Waals surface area (Å²) >= 11 is 10.6. The lowest BCUT2D eigenvalue weighted by Crippen LogP contribution is -2.36. The summed E-state index contributed by atoms with van der Waals surface area (Å²) in [7, 11) is 1.93. The highest BCUT2D eigenvalue weighted by molar-refractivity contribution is 8.08. The van der Waals surface area contributed by atoms with Crippen molar-refractivity contribution in [1.82, 2.24) is 4.57 Å². The number of hydrogen-bond acceptors (Lipinski definition) is 5. The topological polar surface area (TPSA) is 29.1 Å². The minimum Gasteiger partial charge on any atom is -0.337 e. The van der Waals surface area contributed by atoms with E-state index in [1.54, 1.807) is 10.6 Å². The SMILES string of the molecule is CCn1c(=O)/c(=C2\Sc3cc(Cl)ccc3N2C)s/c1=C\c1scc[n+]1Cc1cccc(C(F)(F)F)c1. The van der Waals surface area contributed by atoms with Gasteiger partial charge in [0.1, 0.15) is 14.2 Å². The van der Waals surface area contributed by atoms with E-state index in [4.69, 9.17) is 11.6 Å². The van der Waals surface area contributed by atoms with E-state index < -0.39 is 11.7 Å². The Labute approximate surface area is 222 Å². The van der Waals surface area contributed by atoms with Crippen molar-refractivity contribution in [3.63, 3.8) is 0 Å². The lowest BCUT2D eigenvalue weighted by Gasteiger charge is -2.12. The predicted octanol–water partition coefficient (Wildman–Crippen LogP) is 5.14. The minimum atomic E-state index is -4.39. The van der Waals surface area contributed by atoms with Crippen molar-refractivity contribution in [2.75, 3.05) is 11.9 Å². The molecule has 0 saturated heterocycles. The zero-order valence-electron chi connectivity index (χ0n) is 19.2. The first-order chi connectivity index (χ1) is 17.2. The van der Waals surface area contributed by atoms with Crippen molar-refractivity contribution in [2.45, 2.75) is 31.1 Å². The maximum atomic E-state index is 13.4. The Kier molecular flexibility index (Phi) is 6.80. The molecule has 186 valence electrons. The van der Waals surface area contributed by atoms with Gasteiger partial charge in [0.05, 0.1) is 22.7 Å². The standard InChI is InChI=1S/C25H20ClF3N3OS3/c1-3-32-21(36-22(23(32)33)24-30(2)18-8-7-17(26)12-19(18)35-24)13-20-31(9-10-34-20)14-15-5-4-6-16(11-15)25(27,28)29/h4-13H,3,14H2,1-2H3/q+1/b24-22+. The second kappa shape index (κ2) is 9.74. The minimum absolute atomic E-state index is 0.0667. The molecule has 0 spiro atoms. The van der Waals surface area contributed by atoms with E-state index in [-0.39, 0.29) is 5.56 Å². The number of thioether (sulfide) groups is 1. The summed E-state index contributed by atoms with van der Waals surface area (Å²) < 4.78 is 44.5. The number of halogens is 4. The number of alkyl halides is 3. The number of anilines is 1. The van der Waals surface area contributed by atoms with Crippen molar-refractivity contribution in [2.24, 2.45) is 0 Å². The van der Waals surface area contributed by atoms with Crippen LogP contribution in [0.25, 0.3) is 11.1 Å². The molecule has 0 saturated carbocycles. The van der Waals surface area contributed by atoms with Crippen LogP contribution < -0.4 is 24.2 Å². The highest BCUT2D eigenvalue weighted by atomic mass is 35.5. The van der Waals surface area contributed by atoms with Gasteiger partial charge in [-0.1, -0.05) is 46.8 Å². The first-order valence-corrected chi connectivity index (χ1v) is 13.8. The number of benzene rings is 2. The molecule has 1 aliphatic heterocycles. The average Bonchev–Trinajstić information content (AvgIpc) is 3.49. The molecule has 4 aromatic rings. The number of rotatable bonds is 4. The van der Waals surface area contributed by atoms with Gasteiger partial charge in [-0.05, 0) is 37.3 Å². The monoisotopic (exact) mass is 566 g/mol. The third-order valence-corrected chi connectivity index (χ3v) is 9.34. The Bertz CT molecular complexity index is 1640. The van der Waals surface area contributed by atoms with E-state index >= 15 is 0 Å². The molecule has 0 atom stereocenters. The van der Waals surface area contributed by atoms with Crippen LogP contribution in [-0.2, 0) is 19.3 Å². The molecule has 2 aromatic carbocycles. The van der Waals surface area contributed by atoms with Crippen molar-refractivity contribution >= 4 is 62.8 Å². The largest absolute Gasteiger partial charge is 0.416 e. The normalized spacial score (nSPS) is 15.6. The molecule has 0 amide bonds. The van der Waals surface area contributed by atoms with Gasteiger partial charge in [-0.3, -0.25) is 9.36 Å². The highest BCUT2D eigenvalue weighted by Crippen LogP contribution is 2.46. The lowest BCUT2D eigenvalue weighted by atomic mass is 10.1. The molecule has 0 N–H and O–H groups in total. The lowest BCUT2D eigenvalue weighted by molar-refractivity contribution is -0.685. The number of hydrogen-bond donors (Lipinski definition) is 0. The Morgan fingerprint density at radius 2 is 1.97 bits per heavy atom. The molecule has 2 aromatic heterocycles. The molecule has 3 heterocycles. The fourth-order valence-corrected chi connectivity index (χ4v) is 7.60. The quantitative estimate of drug-likeness (QED) is 0.321. The van der Waals surface area contributed by atoms with E-state index in [0.717, 1.165) is 31.3 Å². The van der Waals surface area contributed by atoms with Crippen LogP contribution in [-0.4, -0.2) is 11.6 Å². The summed E-state index contributed by atoms with van der Waals surface area (Å²) in [5, 5.41) is 4.23. The van der Waals surface area contributed by atoms with Gasteiger partial charge in [0.25, 0.3) is 10.6 Å². The molecule has 1 aliphatic rings. The maximum Gasteiger partial charge on any atom is 0.416 e. The van der Waals surface area contributed by atoms with Crippen LogP contribution in [0, 0.1) is 0 Å². The van der Waals surface area contributed by atoms with Crippen LogP contribution in [0.3, 0.4) is 0 Å². The zero-order valence-corrected chi connectivity index (χ0v) is 22.4. The molecule has 36 heavy (non-hydrogen) atoms. The molecule has 5 rings (SSSR count). The van der Waals surface area contributed by atoms with Crippen LogP contribution in [0.5, 0.6) is 0 Å². The van der Waals surface area contributed by atoms with Crippen LogP contribution in [0.4, 0.5) is 18.9 Å². The van der Waals surface area contributed by atoms with Crippen LogP contribution in [0.1, 0.15) is 23.1 Å². The van der Waals surface area contributed by atoms with Crippen molar-refractivity contribution in [1.29, 1.82) is 0 Å². The van der Waals surface area contributed by atoms with Gasteiger partial charge >= 0.3 is 6.18 Å². The molecule has 4 nitrogen and oxygen atoms in total. The summed E-state index contributed by atoms with van der Waals surface area (Å²) in [5.41, 5.74) is 0.820. The predicted molar refractivity (Wildman–Crippen MR) is 141 cm³/mol. The summed E-state index contributed by atoms with van der Waals surface area (Å²) in [6, 6.07) is 11.0. The maximum absolute atomic E-state index is 13.4. The number of fused-ring (bicyclic) bond motifs is 1. The second-order valence-electron chi connectivity index (χ2n) is 8.11. The van der Waals surface area contributed by atoms with Gasteiger partial charge in [0.15, 0.2) is 12.7 Å². The second-order valence-corrected chi connectivity index (χ2v) is 11.5. The fraction of sp³-hybridized carbons (Fsp3) is 0.200. The molecule has 0 bridgehead atoms. The van der Waals surface area contributed by atoms with E-state index in [9.17, 15) is 18.0 Å². The molecular formula is C25H20ClF3N3OS3+. The smallest absolute Gasteiger partial charge is 0.337 e. The Morgan fingerprint density at radius 3 is 2.72 bits per heavy atom. The Morgan fingerprint density at radius 1 is 1.17 bits per heavy atom. The van der Waals surface area contributed by atoms with Crippen molar-refractivity contribution in [3.05, 3.63) is 94.7 Å². The number of thiazole rings is 2. The van der Waals surface area contributed by atoms with E-state index in [2.05, 4.69) is 0 Å². The van der Waals surface area contributed by atoms with Gasteiger partial charge in [0.2, 0.25) is 0 Å². The number of aromatic nitrogens is 2. The van der Waals surface area contributed by atoms with Gasteiger partial charge in [-0.15, -0.1) is 11.3 Å². The summed E-state index contributed by atoms with van der Waals surface area (Å²) in [6.07, 6.45) is -0.611. The third-order valence-electron chi connectivity index (χ3n) is 5.78. The van der Waals surface area contributed by atoms with Crippen LogP contribution in [0.2, 0.25) is 5.02 Å². The Balaban J connectivity index is 1.56. The molecule has 0 aliphatic carbocycles. The van der Waals surface area contributed by atoms with E-state index in [1.807, 2.05) is 59.3 Å². The summed E-state index contributed by atoms with van der Waals surface area (Å²) in [4.78, 5) is 16.4. The molecule has 0 fully saturated rings. The fourth-order valence-electron chi connectivity index (χ4n) is 4.01.